The Bertz CT molecular complexity index is 610. The third-order valence-corrected chi connectivity index (χ3v) is 3.36. The SMILES string of the molecule is CCOC(=O)CSc1nc(Cl)cc(Nc2ccccc2)n1. The van der Waals surface area contributed by atoms with E-state index in [2.05, 4.69) is 15.3 Å². The first kappa shape index (κ1) is 15.6. The molecule has 0 aliphatic rings. The van der Waals surface area contributed by atoms with Crippen molar-refractivity contribution in [3.63, 3.8) is 0 Å². The Hall–Kier alpha value is -1.79. The summed E-state index contributed by atoms with van der Waals surface area (Å²) in [4.78, 5) is 19.7. The Morgan fingerprint density at radius 3 is 2.81 bits per heavy atom. The number of esters is 1. The van der Waals surface area contributed by atoms with Gasteiger partial charge in [-0.1, -0.05) is 41.6 Å². The summed E-state index contributed by atoms with van der Waals surface area (Å²) in [6.45, 7) is 2.12. The quantitative estimate of drug-likeness (QED) is 0.380. The van der Waals surface area contributed by atoms with Crippen molar-refractivity contribution < 1.29 is 9.53 Å². The van der Waals surface area contributed by atoms with Crippen LogP contribution >= 0.6 is 23.4 Å². The van der Waals surface area contributed by atoms with Crippen LogP contribution in [-0.2, 0) is 9.53 Å². The topological polar surface area (TPSA) is 64.1 Å². The van der Waals surface area contributed by atoms with Crippen molar-refractivity contribution in [2.24, 2.45) is 0 Å². The van der Waals surface area contributed by atoms with Crippen molar-refractivity contribution in [3.8, 4) is 0 Å². The van der Waals surface area contributed by atoms with Gasteiger partial charge in [-0.05, 0) is 19.1 Å². The number of hydrogen-bond donors (Lipinski definition) is 1. The van der Waals surface area contributed by atoms with E-state index in [0.717, 1.165) is 5.69 Å². The van der Waals surface area contributed by atoms with E-state index in [9.17, 15) is 4.79 Å². The standard InChI is InChI=1S/C14H14ClN3O2S/c1-2-20-13(19)9-21-14-17-11(15)8-12(18-14)16-10-6-4-3-5-7-10/h3-8H,2,9H2,1H3,(H,16,17,18). The molecule has 0 bridgehead atoms. The average molecular weight is 324 g/mol. The van der Waals surface area contributed by atoms with E-state index in [1.807, 2.05) is 30.3 Å². The maximum atomic E-state index is 11.3. The largest absolute Gasteiger partial charge is 0.465 e. The van der Waals surface area contributed by atoms with E-state index in [1.165, 1.54) is 11.8 Å². The van der Waals surface area contributed by atoms with Gasteiger partial charge in [0.15, 0.2) is 5.16 Å². The minimum atomic E-state index is -0.302. The van der Waals surface area contributed by atoms with Gasteiger partial charge in [-0.3, -0.25) is 4.79 Å². The fourth-order valence-electron chi connectivity index (χ4n) is 1.52. The summed E-state index contributed by atoms with van der Waals surface area (Å²) in [7, 11) is 0. The zero-order valence-electron chi connectivity index (χ0n) is 11.4. The second-order valence-corrected chi connectivity index (χ2v) is 5.27. The van der Waals surface area contributed by atoms with E-state index in [4.69, 9.17) is 16.3 Å². The lowest BCUT2D eigenvalue weighted by atomic mass is 10.3. The predicted octanol–water partition coefficient (Wildman–Crippen LogP) is 3.53. The number of carbonyl (C=O) groups excluding carboxylic acids is 1. The smallest absolute Gasteiger partial charge is 0.316 e. The highest BCUT2D eigenvalue weighted by Gasteiger charge is 2.08. The maximum absolute atomic E-state index is 11.3. The van der Waals surface area contributed by atoms with Crippen molar-refractivity contribution in [1.82, 2.24) is 9.97 Å². The van der Waals surface area contributed by atoms with Crippen LogP contribution in [0.1, 0.15) is 6.92 Å². The van der Waals surface area contributed by atoms with Crippen LogP contribution in [0, 0.1) is 0 Å². The number of benzene rings is 1. The molecule has 7 heteroatoms. The molecule has 0 aliphatic heterocycles. The number of thioether (sulfide) groups is 1. The van der Waals surface area contributed by atoms with Crippen LogP contribution in [0.3, 0.4) is 0 Å². The third kappa shape index (κ3) is 5.24. The molecule has 1 heterocycles. The van der Waals surface area contributed by atoms with Gasteiger partial charge in [-0.2, -0.15) is 0 Å². The lowest BCUT2D eigenvalue weighted by molar-refractivity contribution is -0.139. The number of carbonyl (C=O) groups is 1. The first-order valence-corrected chi connectivity index (χ1v) is 7.69. The predicted molar refractivity (Wildman–Crippen MR) is 84.1 cm³/mol. The molecule has 0 radical (unpaired) electrons. The van der Waals surface area contributed by atoms with Gasteiger partial charge >= 0.3 is 5.97 Å². The lowest BCUT2D eigenvalue weighted by Crippen LogP contribution is -2.07. The number of halogens is 1. The van der Waals surface area contributed by atoms with Crippen molar-refractivity contribution >= 4 is 40.8 Å². The van der Waals surface area contributed by atoms with Crippen LogP contribution in [0.25, 0.3) is 0 Å². The Labute approximate surface area is 132 Å². The zero-order valence-corrected chi connectivity index (χ0v) is 12.9. The molecule has 110 valence electrons. The van der Waals surface area contributed by atoms with Gasteiger partial charge in [0, 0.05) is 11.8 Å². The van der Waals surface area contributed by atoms with Gasteiger partial charge in [-0.15, -0.1) is 0 Å². The van der Waals surface area contributed by atoms with Crippen LogP contribution in [-0.4, -0.2) is 28.3 Å². The molecule has 21 heavy (non-hydrogen) atoms. The van der Waals surface area contributed by atoms with Gasteiger partial charge in [0.2, 0.25) is 0 Å². The second kappa shape index (κ2) is 7.85. The Morgan fingerprint density at radius 2 is 2.10 bits per heavy atom. The number of ether oxygens (including phenoxy) is 1. The third-order valence-electron chi connectivity index (χ3n) is 2.35. The number of rotatable bonds is 6. The molecule has 0 unspecified atom stereocenters. The molecule has 2 rings (SSSR count). The summed E-state index contributed by atoms with van der Waals surface area (Å²) in [5, 5.41) is 3.87. The number of aromatic nitrogens is 2. The molecule has 0 saturated carbocycles. The Kier molecular flexibility index (Phi) is 5.83. The highest BCUT2D eigenvalue weighted by atomic mass is 35.5. The molecular weight excluding hydrogens is 310 g/mol. The summed E-state index contributed by atoms with van der Waals surface area (Å²) in [5.74, 6) is 0.426. The van der Waals surface area contributed by atoms with Gasteiger partial charge < -0.3 is 10.1 Å². The highest BCUT2D eigenvalue weighted by Crippen LogP contribution is 2.22. The number of nitrogens with zero attached hydrogens (tertiary/aromatic N) is 2. The number of para-hydroxylation sites is 1. The molecule has 0 aliphatic carbocycles. The van der Waals surface area contributed by atoms with Crippen LogP contribution in [0.15, 0.2) is 41.6 Å². The minimum absolute atomic E-state index is 0.152. The van der Waals surface area contributed by atoms with Crippen LogP contribution < -0.4 is 5.32 Å². The lowest BCUT2D eigenvalue weighted by Gasteiger charge is -2.07. The molecule has 0 saturated heterocycles. The second-order valence-electron chi connectivity index (χ2n) is 3.94. The van der Waals surface area contributed by atoms with E-state index in [-0.39, 0.29) is 11.7 Å². The van der Waals surface area contributed by atoms with Crippen molar-refractivity contribution in [3.05, 3.63) is 41.6 Å². The summed E-state index contributed by atoms with van der Waals surface area (Å²) in [6, 6.07) is 11.2. The van der Waals surface area contributed by atoms with E-state index in [1.54, 1.807) is 13.0 Å². The average Bonchev–Trinajstić information content (AvgIpc) is 2.46. The molecule has 2 aromatic rings. The van der Waals surface area contributed by atoms with Crippen molar-refractivity contribution in [2.75, 3.05) is 17.7 Å². The van der Waals surface area contributed by atoms with Crippen molar-refractivity contribution in [2.45, 2.75) is 12.1 Å². The molecule has 1 aromatic heterocycles. The van der Waals surface area contributed by atoms with E-state index < -0.39 is 0 Å². The van der Waals surface area contributed by atoms with Crippen LogP contribution in [0.2, 0.25) is 5.15 Å². The monoisotopic (exact) mass is 323 g/mol. The van der Waals surface area contributed by atoms with Crippen molar-refractivity contribution in [1.29, 1.82) is 0 Å². The Balaban J connectivity index is 2.05. The fraction of sp³-hybridized carbons (Fsp3) is 0.214. The fourth-order valence-corrected chi connectivity index (χ4v) is 2.41. The van der Waals surface area contributed by atoms with Gasteiger partial charge in [-0.25, -0.2) is 9.97 Å². The van der Waals surface area contributed by atoms with Crippen LogP contribution in [0.4, 0.5) is 11.5 Å². The number of hydrogen-bond acceptors (Lipinski definition) is 6. The van der Waals surface area contributed by atoms with Gasteiger partial charge in [0.05, 0.1) is 12.4 Å². The number of nitrogens with one attached hydrogen (secondary N) is 1. The van der Waals surface area contributed by atoms with E-state index in [0.29, 0.717) is 22.7 Å². The first-order valence-electron chi connectivity index (χ1n) is 6.32. The summed E-state index contributed by atoms with van der Waals surface area (Å²) in [6.07, 6.45) is 0. The summed E-state index contributed by atoms with van der Waals surface area (Å²) in [5.41, 5.74) is 0.897. The molecule has 0 spiro atoms. The summed E-state index contributed by atoms with van der Waals surface area (Å²) < 4.78 is 4.86. The highest BCUT2D eigenvalue weighted by molar-refractivity contribution is 7.99. The summed E-state index contributed by atoms with van der Waals surface area (Å²) >= 11 is 7.16. The molecule has 1 N–H and O–H groups in total. The molecule has 0 atom stereocenters. The zero-order chi connectivity index (χ0) is 15.1. The molecular formula is C14H14ClN3O2S. The van der Waals surface area contributed by atoms with Crippen LogP contribution in [0.5, 0.6) is 0 Å². The Morgan fingerprint density at radius 1 is 1.33 bits per heavy atom. The normalized spacial score (nSPS) is 10.2. The first-order chi connectivity index (χ1) is 10.2. The number of anilines is 2. The maximum Gasteiger partial charge on any atom is 0.316 e. The van der Waals surface area contributed by atoms with Gasteiger partial charge in [0.1, 0.15) is 11.0 Å². The molecule has 0 amide bonds. The van der Waals surface area contributed by atoms with Gasteiger partial charge in [0.25, 0.3) is 0 Å². The molecule has 0 fully saturated rings. The molecule has 5 nitrogen and oxygen atoms in total. The minimum Gasteiger partial charge on any atom is -0.465 e. The molecule has 1 aromatic carbocycles. The van der Waals surface area contributed by atoms with E-state index >= 15 is 0 Å².